The van der Waals surface area contributed by atoms with Gasteiger partial charge in [-0.1, -0.05) is 18.7 Å². The topological polar surface area (TPSA) is 54.4 Å². The van der Waals surface area contributed by atoms with Crippen molar-refractivity contribution < 1.29 is 27.9 Å². The minimum atomic E-state index is -4.47. The summed E-state index contributed by atoms with van der Waals surface area (Å²) in [7, 11) is 0. The van der Waals surface area contributed by atoms with E-state index in [0.717, 1.165) is 18.2 Å². The van der Waals surface area contributed by atoms with Crippen molar-refractivity contribution in [3.8, 4) is 11.1 Å². The summed E-state index contributed by atoms with van der Waals surface area (Å²) in [5.74, 6) is -1.65. The number of benzene rings is 2. The van der Waals surface area contributed by atoms with Gasteiger partial charge < -0.3 is 5.11 Å². The van der Waals surface area contributed by atoms with E-state index in [2.05, 4.69) is 6.58 Å². The van der Waals surface area contributed by atoms with Gasteiger partial charge in [0, 0.05) is 5.56 Å². The first-order valence-corrected chi connectivity index (χ1v) is 6.46. The number of aromatic carboxylic acids is 1. The van der Waals surface area contributed by atoms with Gasteiger partial charge in [-0.3, -0.25) is 4.79 Å². The third kappa shape index (κ3) is 3.48. The molecule has 0 aliphatic heterocycles. The van der Waals surface area contributed by atoms with Crippen LogP contribution in [0.4, 0.5) is 13.2 Å². The Labute approximate surface area is 129 Å². The first-order chi connectivity index (χ1) is 10.7. The molecule has 0 fully saturated rings. The number of carboxylic acids is 1. The van der Waals surface area contributed by atoms with Crippen molar-refractivity contribution in [1.29, 1.82) is 0 Å². The highest BCUT2D eigenvalue weighted by Gasteiger charge is 2.30. The molecular formula is C17H11F3O3. The van der Waals surface area contributed by atoms with Crippen molar-refractivity contribution in [2.24, 2.45) is 0 Å². The molecule has 0 aliphatic rings. The molecule has 3 nitrogen and oxygen atoms in total. The van der Waals surface area contributed by atoms with Crippen molar-refractivity contribution in [2.45, 2.75) is 6.18 Å². The Hall–Kier alpha value is -2.89. The minimum Gasteiger partial charge on any atom is -0.478 e. The van der Waals surface area contributed by atoms with Crippen LogP contribution < -0.4 is 0 Å². The number of hydrogen-bond acceptors (Lipinski definition) is 2. The summed E-state index contributed by atoms with van der Waals surface area (Å²) in [5, 5.41) is 9.04. The zero-order valence-electron chi connectivity index (χ0n) is 11.7. The first kappa shape index (κ1) is 16.5. The molecule has 23 heavy (non-hydrogen) atoms. The van der Waals surface area contributed by atoms with E-state index in [9.17, 15) is 22.8 Å². The minimum absolute atomic E-state index is 0.0690. The van der Waals surface area contributed by atoms with E-state index in [0.29, 0.717) is 5.56 Å². The molecule has 0 bridgehead atoms. The fraction of sp³-hybridized carbons (Fsp3) is 0.0588. The van der Waals surface area contributed by atoms with Crippen LogP contribution in [0.3, 0.4) is 0 Å². The second kappa shape index (κ2) is 6.08. The molecule has 1 N–H and O–H groups in total. The molecule has 0 unspecified atom stereocenters. The zero-order valence-corrected chi connectivity index (χ0v) is 11.7. The van der Waals surface area contributed by atoms with Gasteiger partial charge in [0.2, 0.25) is 0 Å². The molecule has 0 amide bonds. The van der Waals surface area contributed by atoms with Crippen molar-refractivity contribution >= 4 is 11.8 Å². The van der Waals surface area contributed by atoms with Crippen LogP contribution in [0.25, 0.3) is 11.1 Å². The lowest BCUT2D eigenvalue weighted by molar-refractivity contribution is -0.137. The third-order valence-corrected chi connectivity index (χ3v) is 3.24. The van der Waals surface area contributed by atoms with Gasteiger partial charge >= 0.3 is 12.1 Å². The lowest BCUT2D eigenvalue weighted by atomic mass is 9.94. The molecule has 6 heteroatoms. The molecule has 0 saturated carbocycles. The van der Waals surface area contributed by atoms with E-state index < -0.39 is 23.5 Å². The molecule has 0 saturated heterocycles. The molecule has 0 spiro atoms. The predicted molar refractivity (Wildman–Crippen MR) is 78.4 cm³/mol. The number of ketones is 1. The summed E-state index contributed by atoms with van der Waals surface area (Å²) < 4.78 is 37.8. The molecule has 0 radical (unpaired) electrons. The standard InChI is InChI=1S/C17H11F3O3/c1-2-15(21)13-8-5-11(16(22)23)9-14(13)10-3-6-12(7-4-10)17(18,19)20/h2-9H,1H2,(H,22,23). The molecule has 2 aromatic carbocycles. The smallest absolute Gasteiger partial charge is 0.416 e. The van der Waals surface area contributed by atoms with E-state index in [1.165, 1.54) is 30.3 Å². The highest BCUT2D eigenvalue weighted by molar-refractivity contribution is 6.09. The number of allylic oxidation sites excluding steroid dienone is 1. The highest BCUT2D eigenvalue weighted by atomic mass is 19.4. The number of alkyl halides is 3. The summed E-state index contributed by atoms with van der Waals surface area (Å²) >= 11 is 0. The lowest BCUT2D eigenvalue weighted by Crippen LogP contribution is -2.05. The number of carbonyl (C=O) groups excluding carboxylic acids is 1. The number of carboxylic acid groups (broad SMARTS) is 1. The van der Waals surface area contributed by atoms with Crippen molar-refractivity contribution in [3.05, 3.63) is 71.8 Å². The normalized spacial score (nSPS) is 11.1. The van der Waals surface area contributed by atoms with Crippen molar-refractivity contribution in [3.63, 3.8) is 0 Å². The lowest BCUT2D eigenvalue weighted by Gasteiger charge is -2.11. The quantitative estimate of drug-likeness (QED) is 0.669. The predicted octanol–water partition coefficient (Wildman–Crippen LogP) is 4.44. The second-order valence-electron chi connectivity index (χ2n) is 4.71. The second-order valence-corrected chi connectivity index (χ2v) is 4.71. The first-order valence-electron chi connectivity index (χ1n) is 6.46. The number of halogens is 3. The van der Waals surface area contributed by atoms with E-state index in [1.54, 1.807) is 0 Å². The molecule has 2 rings (SSSR count). The van der Waals surface area contributed by atoms with Gasteiger partial charge in [0.25, 0.3) is 0 Å². The van der Waals surface area contributed by atoms with Crippen LogP contribution in [0.2, 0.25) is 0 Å². The maximum Gasteiger partial charge on any atom is 0.416 e. The molecule has 0 aliphatic carbocycles. The summed E-state index contributed by atoms with van der Waals surface area (Å²) in [4.78, 5) is 22.9. The summed E-state index contributed by atoms with van der Waals surface area (Å²) in [6.07, 6.45) is -3.41. The molecule has 0 atom stereocenters. The zero-order chi connectivity index (χ0) is 17.2. The Morgan fingerprint density at radius 2 is 1.65 bits per heavy atom. The van der Waals surface area contributed by atoms with Crippen LogP contribution in [-0.4, -0.2) is 16.9 Å². The molecule has 2 aromatic rings. The monoisotopic (exact) mass is 320 g/mol. The summed E-state index contributed by atoms with van der Waals surface area (Å²) in [6, 6.07) is 7.98. The largest absolute Gasteiger partial charge is 0.478 e. The molecule has 0 heterocycles. The Bertz CT molecular complexity index is 775. The van der Waals surface area contributed by atoms with E-state index in [-0.39, 0.29) is 16.7 Å². The average molecular weight is 320 g/mol. The number of hydrogen-bond donors (Lipinski definition) is 1. The Kier molecular flexibility index (Phi) is 4.36. The van der Waals surface area contributed by atoms with Gasteiger partial charge in [-0.05, 0) is 47.5 Å². The van der Waals surface area contributed by atoms with Gasteiger partial charge in [0.1, 0.15) is 0 Å². The molecule has 0 aromatic heterocycles. The average Bonchev–Trinajstić information content (AvgIpc) is 2.52. The molecule has 118 valence electrons. The van der Waals surface area contributed by atoms with Crippen LogP contribution >= 0.6 is 0 Å². The van der Waals surface area contributed by atoms with Gasteiger partial charge in [-0.15, -0.1) is 0 Å². The van der Waals surface area contributed by atoms with Crippen molar-refractivity contribution in [1.82, 2.24) is 0 Å². The van der Waals surface area contributed by atoms with Gasteiger partial charge in [-0.25, -0.2) is 4.79 Å². The van der Waals surface area contributed by atoms with Gasteiger partial charge in [0.05, 0.1) is 11.1 Å². The Balaban J connectivity index is 2.60. The fourth-order valence-electron chi connectivity index (χ4n) is 2.08. The van der Waals surface area contributed by atoms with E-state index in [1.807, 2.05) is 0 Å². The fourth-order valence-corrected chi connectivity index (χ4v) is 2.08. The van der Waals surface area contributed by atoms with Crippen LogP contribution in [0.5, 0.6) is 0 Å². The SMILES string of the molecule is C=CC(=O)c1ccc(C(=O)O)cc1-c1ccc(C(F)(F)F)cc1. The van der Waals surface area contributed by atoms with Crippen LogP contribution in [-0.2, 0) is 6.18 Å². The van der Waals surface area contributed by atoms with E-state index in [4.69, 9.17) is 5.11 Å². The van der Waals surface area contributed by atoms with E-state index >= 15 is 0 Å². The highest BCUT2D eigenvalue weighted by Crippen LogP contribution is 2.32. The van der Waals surface area contributed by atoms with Crippen LogP contribution in [0.1, 0.15) is 26.3 Å². The Morgan fingerprint density at radius 1 is 1.04 bits per heavy atom. The maximum atomic E-state index is 12.6. The summed E-state index contributed by atoms with van der Waals surface area (Å²) in [5.41, 5.74) is -0.174. The van der Waals surface area contributed by atoms with Crippen LogP contribution in [0, 0.1) is 0 Å². The Morgan fingerprint density at radius 3 is 2.13 bits per heavy atom. The number of carbonyl (C=O) groups is 2. The number of rotatable bonds is 4. The van der Waals surface area contributed by atoms with Crippen LogP contribution in [0.15, 0.2) is 55.1 Å². The summed E-state index contributed by atoms with van der Waals surface area (Å²) in [6.45, 7) is 3.36. The molecular weight excluding hydrogens is 309 g/mol. The van der Waals surface area contributed by atoms with Gasteiger partial charge in [-0.2, -0.15) is 13.2 Å². The van der Waals surface area contributed by atoms with Gasteiger partial charge in [0.15, 0.2) is 5.78 Å². The maximum absolute atomic E-state index is 12.6. The van der Waals surface area contributed by atoms with Crippen molar-refractivity contribution in [2.75, 3.05) is 0 Å². The third-order valence-electron chi connectivity index (χ3n) is 3.24.